The molecule has 6 heteroatoms. The Hall–Kier alpha value is -1.43. The van der Waals surface area contributed by atoms with Crippen LogP contribution in [0.5, 0.6) is 0 Å². The normalized spacial score (nSPS) is 11.7. The zero-order valence-corrected chi connectivity index (χ0v) is 29.9. The van der Waals surface area contributed by atoms with Crippen molar-refractivity contribution >= 4 is 5.97 Å². The number of carbonyl (C=O) groups is 1. The average molecular weight is 620 g/mol. The van der Waals surface area contributed by atoms with Crippen LogP contribution in [0, 0.1) is 6.92 Å². The topological polar surface area (TPSA) is 68.5 Å². The number of rotatable bonds is 33. The Balaban J connectivity index is 2.27. The van der Waals surface area contributed by atoms with Gasteiger partial charge in [-0.1, -0.05) is 142 Å². The fraction of sp³-hybridized carbons (Fsp3) is 0.921. The van der Waals surface area contributed by atoms with Crippen molar-refractivity contribution < 1.29 is 14.1 Å². The van der Waals surface area contributed by atoms with Crippen LogP contribution in [0.1, 0.15) is 199 Å². The predicted molar refractivity (Wildman–Crippen MR) is 186 cm³/mol. The molecule has 0 spiro atoms. The molecule has 1 heterocycles. The maximum Gasteiger partial charge on any atom is 0.306 e. The Morgan fingerprint density at radius 1 is 0.636 bits per heavy atom. The second-order valence-corrected chi connectivity index (χ2v) is 13.3. The lowest BCUT2D eigenvalue weighted by atomic mass is 10.0. The molecule has 0 unspecified atom stereocenters. The Morgan fingerprint density at radius 2 is 1.09 bits per heavy atom. The molecule has 0 aliphatic heterocycles. The predicted octanol–water partition coefficient (Wildman–Crippen LogP) is 11.3. The molecule has 0 aliphatic rings. The van der Waals surface area contributed by atoms with Gasteiger partial charge in [0.05, 0.1) is 0 Å². The van der Waals surface area contributed by atoms with E-state index in [0.29, 0.717) is 6.42 Å². The molecule has 1 rings (SSSR count). The van der Waals surface area contributed by atoms with E-state index in [1.54, 1.807) is 0 Å². The SMILES string of the molecule is CCCCCCCCC(CCCCCCCC)OC(=O)CCCCCCCN(CCCCCCCC)CCc1nc(C)no1. The van der Waals surface area contributed by atoms with Gasteiger partial charge in [0.25, 0.3) is 0 Å². The van der Waals surface area contributed by atoms with Gasteiger partial charge in [-0.05, 0) is 65.0 Å². The molecular weight excluding hydrogens is 546 g/mol. The lowest BCUT2D eigenvalue weighted by Gasteiger charge is -2.21. The Kier molecular flexibility index (Phi) is 27.9. The molecule has 1 aromatic heterocycles. The first kappa shape index (κ1) is 40.6. The minimum Gasteiger partial charge on any atom is -0.462 e. The van der Waals surface area contributed by atoms with E-state index >= 15 is 0 Å². The highest BCUT2D eigenvalue weighted by atomic mass is 16.5. The van der Waals surface area contributed by atoms with Crippen molar-refractivity contribution in [3.8, 4) is 0 Å². The average Bonchev–Trinajstić information content (AvgIpc) is 3.44. The minimum absolute atomic E-state index is 0.0355. The number of nitrogens with zero attached hydrogens (tertiary/aromatic N) is 3. The van der Waals surface area contributed by atoms with Gasteiger partial charge in [0.2, 0.25) is 5.89 Å². The molecule has 6 nitrogen and oxygen atoms in total. The standard InChI is InChI=1S/C38H73N3O3/c1-5-8-11-14-18-23-28-36(29-24-19-15-12-9-6-2)43-38(42)30-25-20-17-22-27-33-41(32-26-21-16-13-10-7-3)34-31-37-39-35(4)40-44-37/h36H,5-34H2,1-4H3. The van der Waals surface area contributed by atoms with Gasteiger partial charge in [0.15, 0.2) is 5.82 Å². The fourth-order valence-electron chi connectivity index (χ4n) is 6.09. The van der Waals surface area contributed by atoms with Crippen LogP contribution in [0.3, 0.4) is 0 Å². The summed E-state index contributed by atoms with van der Waals surface area (Å²) < 4.78 is 11.4. The van der Waals surface area contributed by atoms with Crippen LogP contribution in [0.15, 0.2) is 4.52 Å². The first-order chi connectivity index (χ1) is 21.6. The molecule has 0 saturated carbocycles. The highest BCUT2D eigenvalue weighted by Gasteiger charge is 2.14. The Bertz CT molecular complexity index is 737. The van der Waals surface area contributed by atoms with Crippen LogP contribution in [0.25, 0.3) is 0 Å². The molecular formula is C38H73N3O3. The van der Waals surface area contributed by atoms with Crippen molar-refractivity contribution in [3.05, 3.63) is 11.7 Å². The highest BCUT2D eigenvalue weighted by Crippen LogP contribution is 2.18. The summed E-state index contributed by atoms with van der Waals surface area (Å²) in [5.74, 6) is 1.51. The van der Waals surface area contributed by atoms with Gasteiger partial charge in [-0.3, -0.25) is 4.79 Å². The third-order valence-electron chi connectivity index (χ3n) is 8.95. The quantitative estimate of drug-likeness (QED) is 0.0576. The van der Waals surface area contributed by atoms with Crippen molar-refractivity contribution in [3.63, 3.8) is 0 Å². The second-order valence-electron chi connectivity index (χ2n) is 13.3. The lowest BCUT2D eigenvalue weighted by Crippen LogP contribution is -2.28. The van der Waals surface area contributed by atoms with Crippen LogP contribution in [-0.2, 0) is 16.0 Å². The van der Waals surface area contributed by atoms with Gasteiger partial charge in [-0.15, -0.1) is 0 Å². The molecule has 1 aromatic rings. The van der Waals surface area contributed by atoms with E-state index in [4.69, 9.17) is 9.26 Å². The Morgan fingerprint density at radius 3 is 1.57 bits per heavy atom. The molecule has 0 fully saturated rings. The number of ether oxygens (including phenoxy) is 1. The maximum absolute atomic E-state index is 12.7. The molecule has 0 radical (unpaired) electrons. The number of esters is 1. The van der Waals surface area contributed by atoms with Crippen LogP contribution in [0.4, 0.5) is 0 Å². The zero-order valence-electron chi connectivity index (χ0n) is 29.9. The highest BCUT2D eigenvalue weighted by molar-refractivity contribution is 5.69. The summed E-state index contributed by atoms with van der Waals surface area (Å²) in [6.07, 6.45) is 32.9. The van der Waals surface area contributed by atoms with E-state index in [2.05, 4.69) is 35.8 Å². The number of carbonyl (C=O) groups excluding carboxylic acids is 1. The van der Waals surface area contributed by atoms with Crippen molar-refractivity contribution in [2.45, 2.75) is 207 Å². The van der Waals surface area contributed by atoms with Crippen molar-refractivity contribution in [2.24, 2.45) is 0 Å². The maximum atomic E-state index is 12.7. The number of hydrogen-bond acceptors (Lipinski definition) is 6. The molecule has 44 heavy (non-hydrogen) atoms. The summed E-state index contributed by atoms with van der Waals surface area (Å²) >= 11 is 0. The van der Waals surface area contributed by atoms with Crippen LogP contribution in [-0.4, -0.2) is 46.7 Å². The van der Waals surface area contributed by atoms with E-state index in [9.17, 15) is 4.79 Å². The summed E-state index contributed by atoms with van der Waals surface area (Å²) in [7, 11) is 0. The van der Waals surface area contributed by atoms with E-state index in [1.807, 2.05) is 6.92 Å². The molecule has 0 aliphatic carbocycles. The van der Waals surface area contributed by atoms with Crippen molar-refractivity contribution in [1.82, 2.24) is 15.0 Å². The van der Waals surface area contributed by atoms with Gasteiger partial charge in [-0.25, -0.2) is 0 Å². The smallest absolute Gasteiger partial charge is 0.306 e. The van der Waals surface area contributed by atoms with Gasteiger partial charge in [0.1, 0.15) is 6.10 Å². The summed E-state index contributed by atoms with van der Waals surface area (Å²) in [6, 6.07) is 0. The third kappa shape index (κ3) is 24.8. The van der Waals surface area contributed by atoms with Gasteiger partial charge >= 0.3 is 5.97 Å². The van der Waals surface area contributed by atoms with Crippen molar-refractivity contribution in [2.75, 3.05) is 19.6 Å². The number of hydrogen-bond donors (Lipinski definition) is 0. The minimum atomic E-state index is 0.0355. The Labute approximate surface area is 273 Å². The number of aromatic nitrogens is 2. The van der Waals surface area contributed by atoms with Crippen LogP contribution in [0.2, 0.25) is 0 Å². The lowest BCUT2D eigenvalue weighted by molar-refractivity contribution is -0.150. The van der Waals surface area contributed by atoms with E-state index in [0.717, 1.165) is 63.5 Å². The molecule has 0 atom stereocenters. The van der Waals surface area contributed by atoms with Crippen LogP contribution < -0.4 is 0 Å². The molecule has 0 N–H and O–H groups in total. The summed E-state index contributed by atoms with van der Waals surface area (Å²) in [5, 5.41) is 3.94. The fourth-order valence-corrected chi connectivity index (χ4v) is 6.09. The molecule has 0 saturated heterocycles. The molecule has 0 bridgehead atoms. The molecule has 0 aromatic carbocycles. The summed E-state index contributed by atoms with van der Waals surface area (Å²) in [6.45, 7) is 12.0. The summed E-state index contributed by atoms with van der Waals surface area (Å²) in [4.78, 5) is 19.7. The van der Waals surface area contributed by atoms with Crippen LogP contribution >= 0.6 is 0 Å². The summed E-state index contributed by atoms with van der Waals surface area (Å²) in [5.41, 5.74) is 0. The monoisotopic (exact) mass is 620 g/mol. The number of unbranched alkanes of at least 4 members (excludes halogenated alkanes) is 19. The molecule has 258 valence electrons. The zero-order chi connectivity index (χ0) is 31.9. The van der Waals surface area contributed by atoms with E-state index < -0.39 is 0 Å². The van der Waals surface area contributed by atoms with E-state index in [-0.39, 0.29) is 12.1 Å². The number of aryl methyl sites for hydroxylation is 1. The first-order valence-corrected chi connectivity index (χ1v) is 19.3. The van der Waals surface area contributed by atoms with E-state index in [1.165, 1.54) is 135 Å². The second kappa shape index (κ2) is 30.2. The first-order valence-electron chi connectivity index (χ1n) is 19.3. The van der Waals surface area contributed by atoms with Gasteiger partial charge < -0.3 is 14.2 Å². The van der Waals surface area contributed by atoms with Gasteiger partial charge in [-0.2, -0.15) is 4.98 Å². The molecule has 0 amide bonds. The largest absolute Gasteiger partial charge is 0.462 e. The third-order valence-corrected chi connectivity index (χ3v) is 8.95. The van der Waals surface area contributed by atoms with Gasteiger partial charge in [0, 0.05) is 19.4 Å². The van der Waals surface area contributed by atoms with Crippen molar-refractivity contribution in [1.29, 1.82) is 0 Å².